The van der Waals surface area contributed by atoms with E-state index in [0.717, 1.165) is 61.8 Å². The molecule has 0 fully saturated rings. The summed E-state index contributed by atoms with van der Waals surface area (Å²) in [6.45, 7) is 16.7. The van der Waals surface area contributed by atoms with Crippen LogP contribution in [0.5, 0.6) is 0 Å². The van der Waals surface area contributed by atoms with Gasteiger partial charge in [0.1, 0.15) is 25.1 Å². The fourth-order valence-corrected chi connectivity index (χ4v) is 5.74. The lowest BCUT2D eigenvalue weighted by molar-refractivity contribution is 0.0696. The van der Waals surface area contributed by atoms with E-state index in [2.05, 4.69) is 58.4 Å². The predicted octanol–water partition coefficient (Wildman–Crippen LogP) is 6.05. The maximum absolute atomic E-state index is 11.3. The van der Waals surface area contributed by atoms with Crippen LogP contribution in [-0.2, 0) is 42.2 Å². The standard InChI is InChI=1S/C29H46N4O4Si2/c1-38(2,3)17-15-36-22-32-13-11-30-27(32)20-25(19-24-7-9-26(10-8-24)29(34)35)21-28-31-12-14-33(28)23-37-16-18-39(4,5)6/h7-14,25H,15-23H2,1-6H3,(H,34,35). The van der Waals surface area contributed by atoms with E-state index < -0.39 is 22.1 Å². The Hall–Kier alpha value is -2.54. The van der Waals surface area contributed by atoms with Gasteiger partial charge in [-0.25, -0.2) is 14.8 Å². The second-order valence-electron chi connectivity index (χ2n) is 12.8. The molecule has 1 N–H and O–H groups in total. The Balaban J connectivity index is 1.70. The van der Waals surface area contributed by atoms with Gasteiger partial charge in [0.25, 0.3) is 0 Å². The van der Waals surface area contributed by atoms with Gasteiger partial charge < -0.3 is 23.7 Å². The molecule has 2 heterocycles. The van der Waals surface area contributed by atoms with Crippen molar-refractivity contribution in [3.63, 3.8) is 0 Å². The summed E-state index contributed by atoms with van der Waals surface area (Å²) in [6.07, 6.45) is 9.94. The Labute approximate surface area is 235 Å². The molecule has 10 heteroatoms. The second-order valence-corrected chi connectivity index (χ2v) is 24.0. The van der Waals surface area contributed by atoms with Crippen molar-refractivity contribution in [3.05, 3.63) is 71.8 Å². The third-order valence-electron chi connectivity index (χ3n) is 6.72. The van der Waals surface area contributed by atoms with Crippen LogP contribution in [0.4, 0.5) is 0 Å². The minimum atomic E-state index is -1.14. The number of rotatable bonds is 17. The van der Waals surface area contributed by atoms with Gasteiger partial charge in [0.15, 0.2) is 0 Å². The van der Waals surface area contributed by atoms with Gasteiger partial charge in [-0.3, -0.25) is 0 Å². The number of imidazole rings is 2. The minimum Gasteiger partial charge on any atom is -0.478 e. The molecule has 3 aromatic rings. The molecule has 0 aliphatic carbocycles. The van der Waals surface area contributed by atoms with Crippen LogP contribution >= 0.6 is 0 Å². The van der Waals surface area contributed by atoms with E-state index in [-0.39, 0.29) is 5.92 Å². The van der Waals surface area contributed by atoms with Gasteiger partial charge >= 0.3 is 5.97 Å². The SMILES string of the molecule is C[Si](C)(C)CCOCn1ccnc1CC(Cc1ccc(C(=O)O)cc1)Cc1nccn1COCC[Si](C)(C)C. The zero-order valence-corrected chi connectivity index (χ0v) is 26.5. The topological polar surface area (TPSA) is 91.4 Å². The van der Waals surface area contributed by atoms with Crippen LogP contribution in [0.25, 0.3) is 0 Å². The molecule has 3 rings (SSSR count). The number of carbonyl (C=O) groups is 1. The molecule has 0 aliphatic heterocycles. The second kappa shape index (κ2) is 14.2. The first-order valence-electron chi connectivity index (χ1n) is 13.9. The molecule has 0 aliphatic rings. The number of ether oxygens (including phenoxy) is 2. The monoisotopic (exact) mass is 570 g/mol. The third kappa shape index (κ3) is 11.2. The lowest BCUT2D eigenvalue weighted by Crippen LogP contribution is -2.23. The number of aromatic carboxylic acids is 1. The largest absolute Gasteiger partial charge is 0.478 e. The Morgan fingerprint density at radius 1 is 0.795 bits per heavy atom. The van der Waals surface area contributed by atoms with Crippen LogP contribution in [0.3, 0.4) is 0 Å². The number of aromatic nitrogens is 4. The van der Waals surface area contributed by atoms with Gasteiger partial charge in [0.2, 0.25) is 0 Å². The first-order valence-corrected chi connectivity index (χ1v) is 21.3. The molecule has 214 valence electrons. The molecule has 2 aromatic heterocycles. The summed E-state index contributed by atoms with van der Waals surface area (Å²) >= 11 is 0. The lowest BCUT2D eigenvalue weighted by Gasteiger charge is -2.20. The molecule has 0 saturated carbocycles. The molecule has 0 atom stereocenters. The molecule has 0 radical (unpaired) electrons. The van der Waals surface area contributed by atoms with Crippen LogP contribution in [0, 0.1) is 5.92 Å². The highest BCUT2D eigenvalue weighted by atomic mass is 28.3. The highest BCUT2D eigenvalue weighted by Crippen LogP contribution is 2.20. The smallest absolute Gasteiger partial charge is 0.335 e. The average molecular weight is 571 g/mol. The fourth-order valence-electron chi connectivity index (χ4n) is 4.23. The van der Waals surface area contributed by atoms with Crippen LogP contribution in [0.1, 0.15) is 27.6 Å². The average Bonchev–Trinajstić information content (AvgIpc) is 3.48. The van der Waals surface area contributed by atoms with E-state index in [1.54, 1.807) is 12.1 Å². The van der Waals surface area contributed by atoms with Crippen molar-refractivity contribution in [3.8, 4) is 0 Å². The van der Waals surface area contributed by atoms with Crippen LogP contribution in [0.15, 0.2) is 49.1 Å². The number of carboxylic acids is 1. The van der Waals surface area contributed by atoms with Crippen LogP contribution in [-0.4, -0.2) is 59.5 Å². The number of hydrogen-bond donors (Lipinski definition) is 1. The third-order valence-corrected chi connectivity index (χ3v) is 10.1. The van der Waals surface area contributed by atoms with Crippen molar-refractivity contribution >= 4 is 22.1 Å². The van der Waals surface area contributed by atoms with Crippen molar-refractivity contribution in [2.24, 2.45) is 5.92 Å². The van der Waals surface area contributed by atoms with Gasteiger partial charge in [0.05, 0.1) is 5.56 Å². The quantitative estimate of drug-likeness (QED) is 0.157. The van der Waals surface area contributed by atoms with E-state index in [9.17, 15) is 9.90 Å². The first kappa shape index (κ1) is 31.0. The number of nitrogens with zero attached hydrogens (tertiary/aromatic N) is 4. The van der Waals surface area contributed by atoms with Crippen LogP contribution in [0.2, 0.25) is 51.4 Å². The van der Waals surface area contributed by atoms with Crippen molar-refractivity contribution in [2.45, 2.75) is 84.1 Å². The van der Waals surface area contributed by atoms with Gasteiger partial charge in [-0.2, -0.15) is 0 Å². The minimum absolute atomic E-state index is 0.215. The molecular formula is C29H46N4O4Si2. The Bertz CT molecular complexity index is 1100. The molecule has 0 amide bonds. The van der Waals surface area contributed by atoms with Crippen molar-refractivity contribution in [1.29, 1.82) is 0 Å². The van der Waals surface area contributed by atoms with E-state index in [4.69, 9.17) is 9.47 Å². The summed E-state index contributed by atoms with van der Waals surface area (Å²) in [5, 5.41) is 9.29. The van der Waals surface area contributed by atoms with Gasteiger partial charge in [-0.05, 0) is 42.1 Å². The molecule has 0 saturated heterocycles. The first-order chi connectivity index (χ1) is 18.4. The molecule has 8 nitrogen and oxygen atoms in total. The van der Waals surface area contributed by atoms with Gasteiger partial charge in [-0.1, -0.05) is 51.4 Å². The van der Waals surface area contributed by atoms with E-state index in [0.29, 0.717) is 19.0 Å². The predicted molar refractivity (Wildman–Crippen MR) is 161 cm³/mol. The maximum Gasteiger partial charge on any atom is 0.335 e. The Morgan fingerprint density at radius 2 is 1.26 bits per heavy atom. The summed E-state index contributed by atoms with van der Waals surface area (Å²) in [5.41, 5.74) is 1.39. The van der Waals surface area contributed by atoms with Gasteiger partial charge in [-0.15, -0.1) is 0 Å². The van der Waals surface area contributed by atoms with Crippen LogP contribution < -0.4 is 0 Å². The maximum atomic E-state index is 11.3. The molecule has 39 heavy (non-hydrogen) atoms. The highest BCUT2D eigenvalue weighted by Gasteiger charge is 2.19. The summed E-state index contributed by atoms with van der Waals surface area (Å²) < 4.78 is 16.2. The van der Waals surface area contributed by atoms with E-state index in [1.807, 2.05) is 36.9 Å². The molecule has 1 aromatic carbocycles. The molecule has 0 unspecified atom stereocenters. The highest BCUT2D eigenvalue weighted by molar-refractivity contribution is 6.76. The zero-order valence-electron chi connectivity index (χ0n) is 24.5. The molecule has 0 spiro atoms. The normalized spacial score (nSPS) is 12.4. The number of benzene rings is 1. The lowest BCUT2D eigenvalue weighted by atomic mass is 9.92. The Morgan fingerprint density at radius 3 is 1.67 bits per heavy atom. The molecular weight excluding hydrogens is 525 g/mol. The summed E-state index contributed by atoms with van der Waals surface area (Å²) in [5.74, 6) is 1.27. The summed E-state index contributed by atoms with van der Waals surface area (Å²) in [7, 11) is -2.28. The zero-order chi connectivity index (χ0) is 28.5. The van der Waals surface area contributed by atoms with Gasteiger partial charge in [0, 0.05) is 67.0 Å². The number of hydrogen-bond acceptors (Lipinski definition) is 5. The number of carboxylic acid groups (broad SMARTS) is 1. The van der Waals surface area contributed by atoms with E-state index in [1.165, 1.54) is 0 Å². The fraction of sp³-hybridized carbons (Fsp3) is 0.552. The Kier molecular flexibility index (Phi) is 11.3. The summed E-state index contributed by atoms with van der Waals surface area (Å²) in [6, 6.07) is 9.44. The van der Waals surface area contributed by atoms with Crippen molar-refractivity contribution < 1.29 is 19.4 Å². The van der Waals surface area contributed by atoms with E-state index >= 15 is 0 Å². The van der Waals surface area contributed by atoms with Crippen molar-refractivity contribution in [1.82, 2.24) is 19.1 Å². The summed E-state index contributed by atoms with van der Waals surface area (Å²) in [4.78, 5) is 20.6. The molecule has 0 bridgehead atoms. The van der Waals surface area contributed by atoms with Crippen molar-refractivity contribution in [2.75, 3.05) is 13.2 Å².